The molecule has 0 spiro atoms. The van der Waals surface area contributed by atoms with Crippen LogP contribution in [0.1, 0.15) is 49.9 Å². The zero-order chi connectivity index (χ0) is 32.4. The van der Waals surface area contributed by atoms with Crippen LogP contribution in [0, 0.1) is 0 Å². The summed E-state index contributed by atoms with van der Waals surface area (Å²) in [6, 6.07) is 54.3. The molecule has 2 aliphatic rings. The van der Waals surface area contributed by atoms with Crippen molar-refractivity contribution in [1.82, 2.24) is 4.57 Å². The molecule has 1 aliphatic heterocycles. The van der Waals surface area contributed by atoms with E-state index in [1.165, 1.54) is 83.0 Å². The van der Waals surface area contributed by atoms with Crippen molar-refractivity contribution in [3.8, 4) is 16.8 Å². The first-order valence-corrected chi connectivity index (χ1v) is 17.0. The van der Waals surface area contributed by atoms with E-state index in [1.807, 2.05) is 0 Å². The minimum absolute atomic E-state index is 0.0877. The molecule has 230 valence electrons. The van der Waals surface area contributed by atoms with Gasteiger partial charge in [-0.25, -0.2) is 0 Å². The predicted octanol–water partition coefficient (Wildman–Crippen LogP) is 12.4. The first-order chi connectivity index (χ1) is 23.3. The monoisotopic (exact) mass is 616 g/mol. The second-order valence-electron chi connectivity index (χ2n) is 14.6. The van der Waals surface area contributed by atoms with E-state index in [0.29, 0.717) is 0 Å². The lowest BCUT2D eigenvalue weighted by Crippen LogP contribution is -2.26. The fraction of sp³-hybridized carbons (Fsp3) is 0.130. The van der Waals surface area contributed by atoms with Crippen molar-refractivity contribution in [1.29, 1.82) is 0 Å². The molecule has 2 heteroatoms. The molecule has 48 heavy (non-hydrogen) atoms. The summed E-state index contributed by atoms with van der Waals surface area (Å²) in [6.07, 6.45) is 0. The van der Waals surface area contributed by atoms with Crippen molar-refractivity contribution < 1.29 is 0 Å². The van der Waals surface area contributed by atoms with Gasteiger partial charge in [-0.2, -0.15) is 0 Å². The molecule has 10 rings (SSSR count). The Balaban J connectivity index is 1.26. The molecule has 1 aromatic heterocycles. The Morgan fingerprint density at radius 2 is 1.08 bits per heavy atom. The smallest absolute Gasteiger partial charge is 0.0582 e. The van der Waals surface area contributed by atoms with Gasteiger partial charge in [0, 0.05) is 38.4 Å². The molecule has 0 radical (unpaired) electrons. The van der Waals surface area contributed by atoms with Crippen LogP contribution in [-0.4, -0.2) is 4.57 Å². The maximum atomic E-state index is 2.50. The maximum Gasteiger partial charge on any atom is 0.0582 e. The fourth-order valence-corrected chi connectivity index (χ4v) is 8.95. The Kier molecular flexibility index (Phi) is 5.44. The molecule has 0 N–H and O–H groups in total. The molecule has 0 saturated heterocycles. The van der Waals surface area contributed by atoms with Crippen molar-refractivity contribution in [2.75, 3.05) is 4.90 Å². The van der Waals surface area contributed by atoms with E-state index in [-0.39, 0.29) is 10.8 Å². The van der Waals surface area contributed by atoms with Crippen molar-refractivity contribution in [3.05, 3.63) is 168 Å². The van der Waals surface area contributed by atoms with Crippen LogP contribution in [-0.2, 0) is 10.8 Å². The minimum atomic E-state index is -0.0902. The minimum Gasteiger partial charge on any atom is -0.310 e. The molecule has 0 amide bonds. The van der Waals surface area contributed by atoms with Crippen LogP contribution in [0.5, 0.6) is 0 Å². The zero-order valence-corrected chi connectivity index (χ0v) is 27.8. The summed E-state index contributed by atoms with van der Waals surface area (Å²) in [5, 5.41) is 5.05. The van der Waals surface area contributed by atoms with Crippen LogP contribution in [0.2, 0.25) is 0 Å². The average molecular weight is 617 g/mol. The van der Waals surface area contributed by atoms with Crippen LogP contribution in [0.15, 0.2) is 146 Å². The van der Waals surface area contributed by atoms with Gasteiger partial charge in [0.25, 0.3) is 0 Å². The van der Waals surface area contributed by atoms with Gasteiger partial charge in [0.2, 0.25) is 0 Å². The van der Waals surface area contributed by atoms with E-state index < -0.39 is 0 Å². The highest BCUT2D eigenvalue weighted by molar-refractivity contribution is 6.13. The molecule has 0 unspecified atom stereocenters. The van der Waals surface area contributed by atoms with Crippen molar-refractivity contribution in [2.45, 2.75) is 38.5 Å². The van der Waals surface area contributed by atoms with Gasteiger partial charge >= 0.3 is 0 Å². The average Bonchev–Trinajstić information content (AvgIpc) is 3.56. The summed E-state index contributed by atoms with van der Waals surface area (Å²) >= 11 is 0. The SMILES string of the molecule is CC1(C)c2ccccc2-c2ccc(N(c3ccc4c(c3)c3cccc5c3n4-c3ccccc3C5(C)C)c3cccc4ccccc34)cc21. The van der Waals surface area contributed by atoms with E-state index in [2.05, 4.69) is 183 Å². The third kappa shape index (κ3) is 3.52. The molecule has 0 fully saturated rings. The van der Waals surface area contributed by atoms with Gasteiger partial charge in [-0.1, -0.05) is 131 Å². The van der Waals surface area contributed by atoms with Crippen molar-refractivity contribution in [2.24, 2.45) is 0 Å². The summed E-state index contributed by atoms with van der Waals surface area (Å²) in [4.78, 5) is 2.48. The van der Waals surface area contributed by atoms with Gasteiger partial charge in [0.15, 0.2) is 0 Å². The van der Waals surface area contributed by atoms with Crippen LogP contribution >= 0.6 is 0 Å². The number of benzene rings is 7. The summed E-state index contributed by atoms with van der Waals surface area (Å²) in [6.45, 7) is 9.46. The second kappa shape index (κ2) is 9.49. The molecular weight excluding hydrogens is 581 g/mol. The standard InChI is InChI=1S/C46H36N2/c1-45(2)37-18-8-7-16-33(37)34-25-23-31(28-40(34)45)47(41-22-11-14-29-13-5-6-15-32(29)41)30-24-26-42-36(27-30)35-17-12-20-39-44(35)48(42)43-21-10-9-19-38(43)46(39,3)4/h5-28H,1-4H3. The number of nitrogens with zero attached hydrogens (tertiary/aromatic N) is 2. The van der Waals surface area contributed by atoms with Gasteiger partial charge in [0.1, 0.15) is 0 Å². The van der Waals surface area contributed by atoms with Gasteiger partial charge in [-0.15, -0.1) is 0 Å². The number of para-hydroxylation sites is 2. The van der Waals surface area contributed by atoms with Gasteiger partial charge in [-0.05, 0) is 81.2 Å². The zero-order valence-electron chi connectivity index (χ0n) is 27.8. The van der Waals surface area contributed by atoms with Crippen molar-refractivity contribution in [3.63, 3.8) is 0 Å². The number of hydrogen-bond acceptors (Lipinski definition) is 1. The normalized spacial score (nSPS) is 15.0. The van der Waals surface area contributed by atoms with E-state index in [0.717, 1.165) is 5.69 Å². The Morgan fingerprint density at radius 3 is 1.98 bits per heavy atom. The molecule has 2 nitrogen and oxygen atoms in total. The fourth-order valence-electron chi connectivity index (χ4n) is 8.95. The Morgan fingerprint density at radius 1 is 0.458 bits per heavy atom. The summed E-state index contributed by atoms with van der Waals surface area (Å²) in [5.74, 6) is 0. The molecule has 7 aromatic carbocycles. The van der Waals surface area contributed by atoms with E-state index in [4.69, 9.17) is 0 Å². The Bertz CT molecular complexity index is 2630. The third-order valence-corrected chi connectivity index (χ3v) is 11.4. The lowest BCUT2D eigenvalue weighted by atomic mass is 9.75. The largest absolute Gasteiger partial charge is 0.310 e. The van der Waals surface area contributed by atoms with E-state index >= 15 is 0 Å². The highest BCUT2D eigenvalue weighted by Crippen LogP contribution is 2.52. The molecule has 2 heterocycles. The molecule has 0 atom stereocenters. The maximum absolute atomic E-state index is 2.50. The molecule has 8 aromatic rings. The number of aromatic nitrogens is 1. The van der Waals surface area contributed by atoms with E-state index in [9.17, 15) is 0 Å². The summed E-state index contributed by atoms with van der Waals surface area (Å²) < 4.78 is 2.50. The van der Waals surface area contributed by atoms with Gasteiger partial charge < -0.3 is 9.47 Å². The van der Waals surface area contributed by atoms with Gasteiger partial charge in [0.05, 0.1) is 22.4 Å². The molecule has 1 aliphatic carbocycles. The number of anilines is 3. The number of fused-ring (bicyclic) bond motifs is 9. The summed E-state index contributed by atoms with van der Waals surface area (Å²) in [5.41, 5.74) is 15.4. The molecular formula is C46H36N2. The number of rotatable bonds is 3. The molecule has 0 saturated carbocycles. The number of hydrogen-bond donors (Lipinski definition) is 0. The van der Waals surface area contributed by atoms with Crippen LogP contribution in [0.4, 0.5) is 17.1 Å². The van der Waals surface area contributed by atoms with Crippen molar-refractivity contribution >= 4 is 49.6 Å². The van der Waals surface area contributed by atoms with Crippen LogP contribution in [0.25, 0.3) is 49.4 Å². The van der Waals surface area contributed by atoms with Gasteiger partial charge in [-0.3, -0.25) is 0 Å². The van der Waals surface area contributed by atoms with Crippen LogP contribution < -0.4 is 4.90 Å². The second-order valence-corrected chi connectivity index (χ2v) is 14.6. The highest BCUT2D eigenvalue weighted by Gasteiger charge is 2.37. The first kappa shape index (κ1) is 27.5. The first-order valence-electron chi connectivity index (χ1n) is 17.0. The Hall–Kier alpha value is -5.60. The van der Waals surface area contributed by atoms with E-state index in [1.54, 1.807) is 0 Å². The lowest BCUT2D eigenvalue weighted by molar-refractivity contribution is 0.630. The quantitative estimate of drug-likeness (QED) is 0.192. The predicted molar refractivity (Wildman–Crippen MR) is 203 cm³/mol. The summed E-state index contributed by atoms with van der Waals surface area (Å²) in [7, 11) is 0. The lowest BCUT2D eigenvalue weighted by Gasteiger charge is -2.34. The van der Waals surface area contributed by atoms with Crippen LogP contribution in [0.3, 0.4) is 0 Å². The molecule has 0 bridgehead atoms. The third-order valence-electron chi connectivity index (χ3n) is 11.4. The highest BCUT2D eigenvalue weighted by atomic mass is 15.1. The topological polar surface area (TPSA) is 8.17 Å². The Labute approximate surface area is 281 Å².